The molecule has 29 heavy (non-hydrogen) atoms. The fourth-order valence-electron chi connectivity index (χ4n) is 3.23. The van der Waals surface area contributed by atoms with Gasteiger partial charge >= 0.3 is 0 Å². The van der Waals surface area contributed by atoms with Crippen LogP contribution in [0.3, 0.4) is 0 Å². The van der Waals surface area contributed by atoms with Crippen LogP contribution in [-0.2, 0) is 34.3 Å². The van der Waals surface area contributed by atoms with Crippen LogP contribution in [0, 0.1) is 5.82 Å². The van der Waals surface area contributed by atoms with E-state index >= 15 is 0 Å². The molecule has 0 atom stereocenters. The highest BCUT2D eigenvalue weighted by Gasteiger charge is 2.28. The number of hydrogen-bond acceptors (Lipinski definition) is 5. The van der Waals surface area contributed by atoms with Gasteiger partial charge in [-0.25, -0.2) is 17.5 Å². The Bertz CT molecular complexity index is 1030. The number of halogens is 1. The van der Waals surface area contributed by atoms with E-state index in [9.17, 15) is 22.4 Å². The normalized spacial score (nSPS) is 13.8. The quantitative estimate of drug-likeness (QED) is 0.692. The summed E-state index contributed by atoms with van der Waals surface area (Å²) in [6.45, 7) is 2.51. The Morgan fingerprint density at radius 2 is 1.93 bits per heavy atom. The Hall–Kier alpha value is -2.79. The number of rotatable bonds is 6. The highest BCUT2D eigenvalue weighted by Crippen LogP contribution is 2.23. The number of aromatic nitrogens is 2. The lowest BCUT2D eigenvalue weighted by atomic mass is 10.0. The summed E-state index contributed by atoms with van der Waals surface area (Å²) in [6.07, 6.45) is 0.517. The molecular formula is C18H22FN5O4S. The van der Waals surface area contributed by atoms with Crippen LogP contribution in [0.25, 0.3) is 0 Å². The molecule has 11 heteroatoms. The van der Waals surface area contributed by atoms with Gasteiger partial charge < -0.3 is 10.2 Å². The van der Waals surface area contributed by atoms with Crippen molar-refractivity contribution in [3.8, 4) is 0 Å². The fourth-order valence-corrected chi connectivity index (χ4v) is 4.25. The van der Waals surface area contributed by atoms with Gasteiger partial charge in [0.15, 0.2) is 5.69 Å². The highest BCUT2D eigenvalue weighted by atomic mass is 32.2. The van der Waals surface area contributed by atoms with E-state index in [1.54, 1.807) is 9.58 Å². The van der Waals surface area contributed by atoms with Crippen molar-refractivity contribution in [2.75, 3.05) is 20.1 Å². The minimum absolute atomic E-state index is 0.0375. The lowest BCUT2D eigenvalue weighted by Crippen LogP contribution is -2.36. The second-order valence-corrected chi connectivity index (χ2v) is 8.39. The van der Waals surface area contributed by atoms with Crippen molar-refractivity contribution in [3.63, 3.8) is 0 Å². The monoisotopic (exact) mass is 423 g/mol. The Labute approximate surface area is 167 Å². The summed E-state index contributed by atoms with van der Waals surface area (Å²) in [5.41, 5.74) is 1.71. The van der Waals surface area contributed by atoms with Crippen molar-refractivity contribution in [1.82, 2.24) is 24.7 Å². The lowest BCUT2D eigenvalue weighted by Gasteiger charge is -2.26. The molecule has 2 aromatic rings. The SMILES string of the molecule is CNC(=O)c1nn(CCNS(=O)(=O)c2ccc(F)cc2)c2c1CN(C(C)=O)CC2. The van der Waals surface area contributed by atoms with Crippen LogP contribution in [-0.4, -0.2) is 55.0 Å². The molecule has 2 heterocycles. The molecule has 3 rings (SSSR count). The summed E-state index contributed by atoms with van der Waals surface area (Å²) in [7, 11) is -2.30. The number of hydrogen-bond donors (Lipinski definition) is 2. The molecule has 0 saturated carbocycles. The van der Waals surface area contributed by atoms with E-state index in [1.165, 1.54) is 26.1 Å². The summed E-state index contributed by atoms with van der Waals surface area (Å²) in [6, 6.07) is 4.53. The molecule has 1 aliphatic heterocycles. The van der Waals surface area contributed by atoms with Gasteiger partial charge in [0.05, 0.1) is 11.4 Å². The predicted molar refractivity (Wildman–Crippen MR) is 102 cm³/mol. The van der Waals surface area contributed by atoms with Gasteiger partial charge in [0.2, 0.25) is 15.9 Å². The first kappa shape index (κ1) is 20.9. The molecular weight excluding hydrogens is 401 g/mol. The molecule has 0 fully saturated rings. The second kappa shape index (κ2) is 8.29. The Balaban J connectivity index is 1.77. The number of carbonyl (C=O) groups excluding carboxylic acids is 2. The van der Waals surface area contributed by atoms with Gasteiger partial charge in [0, 0.05) is 51.3 Å². The molecule has 0 aliphatic carbocycles. The van der Waals surface area contributed by atoms with Gasteiger partial charge in [-0.3, -0.25) is 14.3 Å². The zero-order valence-electron chi connectivity index (χ0n) is 16.1. The number of sulfonamides is 1. The maximum Gasteiger partial charge on any atom is 0.271 e. The largest absolute Gasteiger partial charge is 0.354 e. The van der Waals surface area contributed by atoms with Crippen LogP contribution in [0.15, 0.2) is 29.2 Å². The van der Waals surface area contributed by atoms with Gasteiger partial charge in [-0.15, -0.1) is 0 Å². The van der Waals surface area contributed by atoms with Crippen molar-refractivity contribution in [2.45, 2.75) is 31.3 Å². The topological polar surface area (TPSA) is 113 Å². The first-order valence-corrected chi connectivity index (χ1v) is 10.5. The van der Waals surface area contributed by atoms with Gasteiger partial charge in [-0.2, -0.15) is 5.10 Å². The molecule has 9 nitrogen and oxygen atoms in total. The zero-order valence-corrected chi connectivity index (χ0v) is 16.9. The van der Waals surface area contributed by atoms with Crippen molar-refractivity contribution < 1.29 is 22.4 Å². The molecule has 2 amide bonds. The molecule has 0 unspecified atom stereocenters. The Kier molecular flexibility index (Phi) is 5.99. The number of benzene rings is 1. The summed E-state index contributed by atoms with van der Waals surface area (Å²) >= 11 is 0. The van der Waals surface area contributed by atoms with Gasteiger partial charge in [0.25, 0.3) is 5.91 Å². The van der Waals surface area contributed by atoms with Crippen molar-refractivity contribution in [2.24, 2.45) is 0 Å². The average Bonchev–Trinajstić information content (AvgIpc) is 3.05. The molecule has 0 spiro atoms. The summed E-state index contributed by atoms with van der Waals surface area (Å²) in [5.74, 6) is -0.968. The molecule has 1 aliphatic rings. The Morgan fingerprint density at radius 3 is 2.55 bits per heavy atom. The van der Waals surface area contributed by atoms with E-state index in [0.29, 0.717) is 18.5 Å². The number of amides is 2. The van der Waals surface area contributed by atoms with Gasteiger partial charge in [-0.05, 0) is 24.3 Å². The third kappa shape index (κ3) is 4.46. The zero-order chi connectivity index (χ0) is 21.2. The molecule has 156 valence electrons. The van der Waals surface area contributed by atoms with Crippen molar-refractivity contribution in [1.29, 1.82) is 0 Å². The van der Waals surface area contributed by atoms with E-state index < -0.39 is 15.8 Å². The molecule has 0 bridgehead atoms. The summed E-state index contributed by atoms with van der Waals surface area (Å²) in [5, 5.41) is 6.88. The standard InChI is InChI=1S/C18H22FN5O4S/c1-12(25)23-9-7-16-15(11-23)17(18(26)20-2)22-24(16)10-8-21-29(27,28)14-5-3-13(19)4-6-14/h3-6,21H,7-11H2,1-2H3,(H,20,26). The van der Waals surface area contributed by atoms with Gasteiger partial charge in [0.1, 0.15) is 5.82 Å². The Morgan fingerprint density at radius 1 is 1.24 bits per heavy atom. The van der Waals surface area contributed by atoms with E-state index in [0.717, 1.165) is 17.8 Å². The number of nitrogens with one attached hydrogen (secondary N) is 2. The van der Waals surface area contributed by atoms with Crippen molar-refractivity contribution >= 4 is 21.8 Å². The average molecular weight is 423 g/mol. The number of fused-ring (bicyclic) bond motifs is 1. The van der Waals surface area contributed by atoms with Crippen LogP contribution in [0.2, 0.25) is 0 Å². The van der Waals surface area contributed by atoms with E-state index in [2.05, 4.69) is 15.1 Å². The van der Waals surface area contributed by atoms with Crippen LogP contribution in [0.4, 0.5) is 4.39 Å². The molecule has 0 radical (unpaired) electrons. The minimum atomic E-state index is -3.79. The van der Waals surface area contributed by atoms with E-state index in [-0.39, 0.29) is 42.0 Å². The molecule has 1 aromatic heterocycles. The molecule has 2 N–H and O–H groups in total. The number of nitrogens with zero attached hydrogens (tertiary/aromatic N) is 3. The maximum atomic E-state index is 13.0. The second-order valence-electron chi connectivity index (χ2n) is 6.62. The van der Waals surface area contributed by atoms with Crippen LogP contribution < -0.4 is 10.0 Å². The first-order valence-electron chi connectivity index (χ1n) is 9.04. The third-order valence-corrected chi connectivity index (χ3v) is 6.24. The molecule has 0 saturated heterocycles. The van der Waals surface area contributed by atoms with Crippen LogP contribution in [0.1, 0.15) is 28.7 Å². The van der Waals surface area contributed by atoms with E-state index in [1.807, 2.05) is 0 Å². The lowest BCUT2D eigenvalue weighted by molar-refractivity contribution is -0.129. The predicted octanol–water partition coefficient (Wildman–Crippen LogP) is 0.265. The minimum Gasteiger partial charge on any atom is -0.354 e. The van der Waals surface area contributed by atoms with E-state index in [4.69, 9.17) is 0 Å². The number of carbonyl (C=O) groups is 2. The van der Waals surface area contributed by atoms with Gasteiger partial charge in [-0.1, -0.05) is 0 Å². The first-order chi connectivity index (χ1) is 13.7. The fraction of sp³-hybridized carbons (Fsp3) is 0.389. The van der Waals surface area contributed by atoms with Crippen molar-refractivity contribution in [3.05, 3.63) is 47.0 Å². The molecule has 1 aromatic carbocycles. The summed E-state index contributed by atoms with van der Waals surface area (Å²) < 4.78 is 41.7. The smallest absolute Gasteiger partial charge is 0.271 e. The third-order valence-electron chi connectivity index (χ3n) is 4.76. The maximum absolute atomic E-state index is 13.0. The summed E-state index contributed by atoms with van der Waals surface area (Å²) in [4.78, 5) is 25.5. The highest BCUT2D eigenvalue weighted by molar-refractivity contribution is 7.89. The van der Waals surface area contributed by atoms with Crippen LogP contribution >= 0.6 is 0 Å². The van der Waals surface area contributed by atoms with Crippen LogP contribution in [0.5, 0.6) is 0 Å².